The van der Waals surface area contributed by atoms with Gasteiger partial charge in [-0.15, -0.1) is 0 Å². The molecule has 0 radical (unpaired) electrons. The molecule has 5 heteroatoms. The molecule has 0 bridgehead atoms. The second-order valence-electron chi connectivity index (χ2n) is 6.34. The zero-order chi connectivity index (χ0) is 17.5. The Morgan fingerprint density at radius 1 is 1.22 bits per heavy atom. The molecule has 0 aliphatic rings. The molecule has 1 N–H and O–H groups in total. The van der Waals surface area contributed by atoms with Gasteiger partial charge in [0.25, 0.3) is 0 Å². The number of benzene rings is 1. The van der Waals surface area contributed by atoms with Gasteiger partial charge < -0.3 is 10.2 Å². The van der Waals surface area contributed by atoms with Gasteiger partial charge in [-0.05, 0) is 44.4 Å². The molecule has 0 fully saturated rings. The van der Waals surface area contributed by atoms with Gasteiger partial charge in [0.15, 0.2) is 0 Å². The number of hydrogen-bond donors (Lipinski definition) is 1. The number of rotatable bonds is 8. The van der Waals surface area contributed by atoms with Gasteiger partial charge in [-0.3, -0.25) is 9.59 Å². The molecule has 0 aliphatic heterocycles. The molecule has 4 nitrogen and oxygen atoms in total. The van der Waals surface area contributed by atoms with Crippen molar-refractivity contribution in [2.75, 3.05) is 20.1 Å². The standard InChI is InChI=1S/C18H27FN2O2/c1-5-6-13-21(4)17(23)18(2,3)16(22)20-12-11-14-7-9-15(19)10-8-14/h7-10H,5-6,11-13H2,1-4H3,(H,20,22). The number of carbonyl (C=O) groups excluding carboxylic acids is 2. The fourth-order valence-electron chi connectivity index (χ4n) is 2.26. The van der Waals surface area contributed by atoms with Crippen molar-refractivity contribution in [3.63, 3.8) is 0 Å². The van der Waals surface area contributed by atoms with Crippen LogP contribution in [0.15, 0.2) is 24.3 Å². The highest BCUT2D eigenvalue weighted by atomic mass is 19.1. The fraction of sp³-hybridized carbons (Fsp3) is 0.556. The molecule has 0 spiro atoms. The van der Waals surface area contributed by atoms with Gasteiger partial charge >= 0.3 is 0 Å². The van der Waals surface area contributed by atoms with Crippen LogP contribution in [0.2, 0.25) is 0 Å². The average Bonchev–Trinajstić information content (AvgIpc) is 2.53. The Morgan fingerprint density at radius 2 is 1.83 bits per heavy atom. The van der Waals surface area contributed by atoms with Gasteiger partial charge in [0, 0.05) is 20.1 Å². The Labute approximate surface area is 138 Å². The van der Waals surface area contributed by atoms with E-state index < -0.39 is 5.41 Å². The summed E-state index contributed by atoms with van der Waals surface area (Å²) in [6.07, 6.45) is 2.52. The Morgan fingerprint density at radius 3 is 2.39 bits per heavy atom. The van der Waals surface area contributed by atoms with Crippen molar-refractivity contribution in [2.24, 2.45) is 5.41 Å². The summed E-state index contributed by atoms with van der Waals surface area (Å²) in [5, 5.41) is 2.80. The van der Waals surface area contributed by atoms with E-state index in [1.54, 1.807) is 37.9 Å². The van der Waals surface area contributed by atoms with Gasteiger partial charge in [0.1, 0.15) is 11.2 Å². The lowest BCUT2D eigenvalue weighted by molar-refractivity contribution is -0.147. The van der Waals surface area contributed by atoms with Crippen molar-refractivity contribution in [1.29, 1.82) is 0 Å². The van der Waals surface area contributed by atoms with Crippen LogP contribution in [0.5, 0.6) is 0 Å². The first-order valence-electron chi connectivity index (χ1n) is 8.07. The van der Waals surface area contributed by atoms with E-state index in [1.807, 2.05) is 0 Å². The average molecular weight is 322 g/mol. The summed E-state index contributed by atoms with van der Waals surface area (Å²) in [6.45, 7) is 6.42. The maximum absolute atomic E-state index is 12.8. The first-order valence-corrected chi connectivity index (χ1v) is 8.07. The van der Waals surface area contributed by atoms with Gasteiger partial charge in [0.2, 0.25) is 11.8 Å². The van der Waals surface area contributed by atoms with Crippen LogP contribution in [0.3, 0.4) is 0 Å². The molecule has 1 rings (SSSR count). The van der Waals surface area contributed by atoms with Crippen LogP contribution in [0, 0.1) is 11.2 Å². The maximum atomic E-state index is 12.8. The molecular weight excluding hydrogens is 295 g/mol. The summed E-state index contributed by atoms with van der Waals surface area (Å²) in [5.74, 6) is -0.738. The molecule has 0 saturated heterocycles. The van der Waals surface area contributed by atoms with Crippen LogP contribution in [-0.2, 0) is 16.0 Å². The van der Waals surface area contributed by atoms with Gasteiger partial charge in [-0.2, -0.15) is 0 Å². The Hall–Kier alpha value is -1.91. The Kier molecular flexibility index (Phi) is 7.20. The molecule has 1 aromatic rings. The second kappa shape index (κ2) is 8.65. The summed E-state index contributed by atoms with van der Waals surface area (Å²) in [5.41, 5.74) is -0.151. The SMILES string of the molecule is CCCCN(C)C(=O)C(C)(C)C(=O)NCCc1ccc(F)cc1. The number of halogens is 1. The van der Waals surface area contributed by atoms with Crippen LogP contribution in [0.4, 0.5) is 4.39 Å². The topological polar surface area (TPSA) is 49.4 Å². The van der Waals surface area contributed by atoms with E-state index in [4.69, 9.17) is 0 Å². The maximum Gasteiger partial charge on any atom is 0.237 e. The lowest BCUT2D eigenvalue weighted by Crippen LogP contribution is -2.49. The van der Waals surface area contributed by atoms with Crippen LogP contribution >= 0.6 is 0 Å². The van der Waals surface area contributed by atoms with E-state index in [1.165, 1.54) is 12.1 Å². The highest BCUT2D eigenvalue weighted by Crippen LogP contribution is 2.19. The minimum absolute atomic E-state index is 0.176. The van der Waals surface area contributed by atoms with E-state index in [2.05, 4.69) is 12.2 Å². The summed E-state index contributed by atoms with van der Waals surface area (Å²) in [6, 6.07) is 6.17. The van der Waals surface area contributed by atoms with Crippen molar-refractivity contribution in [3.05, 3.63) is 35.6 Å². The number of nitrogens with one attached hydrogen (secondary N) is 1. The van der Waals surface area contributed by atoms with Crippen molar-refractivity contribution in [3.8, 4) is 0 Å². The van der Waals surface area contributed by atoms with E-state index in [0.717, 1.165) is 18.4 Å². The van der Waals surface area contributed by atoms with Gasteiger partial charge in [0.05, 0.1) is 0 Å². The molecule has 128 valence electrons. The number of hydrogen-bond acceptors (Lipinski definition) is 2. The largest absolute Gasteiger partial charge is 0.355 e. The third kappa shape index (κ3) is 5.66. The molecule has 0 atom stereocenters. The van der Waals surface area contributed by atoms with Crippen LogP contribution in [-0.4, -0.2) is 36.9 Å². The molecule has 0 saturated carbocycles. The molecule has 0 unspecified atom stereocenters. The fourth-order valence-corrected chi connectivity index (χ4v) is 2.26. The quantitative estimate of drug-likeness (QED) is 0.748. The number of nitrogens with zero attached hydrogens (tertiary/aromatic N) is 1. The van der Waals surface area contributed by atoms with E-state index >= 15 is 0 Å². The molecule has 1 aromatic carbocycles. The summed E-state index contributed by atoms with van der Waals surface area (Å²) in [4.78, 5) is 26.3. The lowest BCUT2D eigenvalue weighted by atomic mass is 9.90. The molecule has 2 amide bonds. The van der Waals surface area contributed by atoms with Crippen molar-refractivity contribution in [2.45, 2.75) is 40.0 Å². The highest BCUT2D eigenvalue weighted by molar-refractivity contribution is 6.04. The minimum atomic E-state index is -1.09. The zero-order valence-electron chi connectivity index (χ0n) is 14.5. The van der Waals surface area contributed by atoms with Crippen LogP contribution in [0.25, 0.3) is 0 Å². The summed E-state index contributed by atoms with van der Waals surface area (Å²) in [7, 11) is 1.73. The predicted octanol–water partition coefficient (Wildman–Crippen LogP) is 2.77. The molecule has 0 aromatic heterocycles. The molecular formula is C18H27FN2O2. The second-order valence-corrected chi connectivity index (χ2v) is 6.34. The number of carbonyl (C=O) groups is 2. The van der Waals surface area contributed by atoms with E-state index in [0.29, 0.717) is 19.5 Å². The molecule has 0 aliphatic carbocycles. The molecule has 0 heterocycles. The third-order valence-corrected chi connectivity index (χ3v) is 3.91. The predicted molar refractivity (Wildman–Crippen MR) is 89.4 cm³/mol. The zero-order valence-corrected chi connectivity index (χ0v) is 14.5. The lowest BCUT2D eigenvalue weighted by Gasteiger charge is -2.28. The highest BCUT2D eigenvalue weighted by Gasteiger charge is 2.37. The first-order chi connectivity index (χ1) is 10.8. The molecule has 23 heavy (non-hydrogen) atoms. The van der Waals surface area contributed by atoms with Crippen molar-refractivity contribution in [1.82, 2.24) is 10.2 Å². The number of amides is 2. The third-order valence-electron chi connectivity index (χ3n) is 3.91. The Balaban J connectivity index is 2.51. The minimum Gasteiger partial charge on any atom is -0.355 e. The van der Waals surface area contributed by atoms with Crippen LogP contribution in [0.1, 0.15) is 39.2 Å². The first kappa shape index (κ1) is 19.1. The number of unbranched alkanes of at least 4 members (excludes halogenated alkanes) is 1. The monoisotopic (exact) mass is 322 g/mol. The summed E-state index contributed by atoms with van der Waals surface area (Å²) >= 11 is 0. The van der Waals surface area contributed by atoms with Gasteiger partial charge in [-0.25, -0.2) is 4.39 Å². The van der Waals surface area contributed by atoms with E-state index in [9.17, 15) is 14.0 Å². The smallest absolute Gasteiger partial charge is 0.237 e. The van der Waals surface area contributed by atoms with Crippen molar-refractivity contribution >= 4 is 11.8 Å². The van der Waals surface area contributed by atoms with Gasteiger partial charge in [-0.1, -0.05) is 25.5 Å². The summed E-state index contributed by atoms with van der Waals surface area (Å²) < 4.78 is 12.8. The normalized spacial score (nSPS) is 11.2. The van der Waals surface area contributed by atoms with E-state index in [-0.39, 0.29) is 17.6 Å². The van der Waals surface area contributed by atoms with Crippen molar-refractivity contribution < 1.29 is 14.0 Å². The Bertz CT molecular complexity index is 526. The van der Waals surface area contributed by atoms with Crippen LogP contribution < -0.4 is 5.32 Å².